The molecule has 3 aromatic rings. The number of rotatable bonds is 6. The Morgan fingerprint density at radius 3 is 2.41 bits per heavy atom. The molecule has 32 heavy (non-hydrogen) atoms. The van der Waals surface area contributed by atoms with E-state index in [1.54, 1.807) is 33.8 Å². The quantitative estimate of drug-likeness (QED) is 0.477. The Kier molecular flexibility index (Phi) is 6.68. The van der Waals surface area contributed by atoms with Crippen molar-refractivity contribution in [3.63, 3.8) is 0 Å². The summed E-state index contributed by atoms with van der Waals surface area (Å²) >= 11 is 3.30. The number of alkyl carbamates (subject to hydrolysis) is 1. The monoisotopic (exact) mass is 501 g/mol. The molecule has 0 unspecified atom stereocenters. The van der Waals surface area contributed by atoms with Crippen LogP contribution in [0.2, 0.25) is 0 Å². The molecular weight excluding hydrogens is 478 g/mol. The summed E-state index contributed by atoms with van der Waals surface area (Å²) in [4.78, 5) is 24.0. The van der Waals surface area contributed by atoms with Gasteiger partial charge in [-0.15, -0.1) is 10.2 Å². The van der Waals surface area contributed by atoms with Gasteiger partial charge in [-0.05, 0) is 51.5 Å². The molecule has 0 bridgehead atoms. The molecule has 1 heterocycles. The number of carboxylic acids is 1. The third-order valence-corrected chi connectivity index (χ3v) is 4.92. The molecule has 9 heteroatoms. The van der Waals surface area contributed by atoms with Crippen LogP contribution in [0.5, 0.6) is 0 Å². The highest BCUT2D eigenvalue weighted by molar-refractivity contribution is 9.10. The molecule has 0 radical (unpaired) electrons. The molecular formula is C23H24BrN3O5. The van der Waals surface area contributed by atoms with Crippen molar-refractivity contribution in [1.29, 1.82) is 0 Å². The van der Waals surface area contributed by atoms with E-state index in [1.165, 1.54) is 12.1 Å². The highest BCUT2D eigenvalue weighted by Crippen LogP contribution is 2.30. The van der Waals surface area contributed by atoms with Crippen molar-refractivity contribution >= 4 is 28.0 Å². The van der Waals surface area contributed by atoms with E-state index >= 15 is 0 Å². The maximum absolute atomic E-state index is 12.6. The Bertz CT molecular complexity index is 1120. The van der Waals surface area contributed by atoms with Crippen LogP contribution in [-0.2, 0) is 16.7 Å². The smallest absolute Gasteiger partial charge is 0.408 e. The lowest BCUT2D eigenvalue weighted by molar-refractivity contribution is 0.0443. The summed E-state index contributed by atoms with van der Waals surface area (Å²) in [5.41, 5.74) is -0.290. The van der Waals surface area contributed by atoms with Crippen LogP contribution in [0.4, 0.5) is 4.79 Å². The first kappa shape index (κ1) is 23.5. The number of aromatic nitrogens is 2. The van der Waals surface area contributed by atoms with E-state index in [0.717, 1.165) is 5.56 Å². The van der Waals surface area contributed by atoms with Crippen LogP contribution < -0.4 is 5.32 Å². The van der Waals surface area contributed by atoms with Crippen molar-refractivity contribution in [2.24, 2.45) is 0 Å². The van der Waals surface area contributed by atoms with Gasteiger partial charge in [0.1, 0.15) is 11.1 Å². The second kappa shape index (κ2) is 9.12. The first-order valence-corrected chi connectivity index (χ1v) is 10.7. The van der Waals surface area contributed by atoms with Crippen LogP contribution in [0.1, 0.15) is 49.5 Å². The molecule has 2 N–H and O–H groups in total. The number of nitrogens with one attached hydrogen (secondary N) is 1. The summed E-state index contributed by atoms with van der Waals surface area (Å²) in [5, 5.41) is 20.4. The summed E-state index contributed by atoms with van der Waals surface area (Å²) < 4.78 is 11.9. The molecule has 3 rings (SSSR count). The van der Waals surface area contributed by atoms with E-state index in [1.807, 2.05) is 30.3 Å². The number of carboxylic acid groups (broad SMARTS) is 1. The van der Waals surface area contributed by atoms with Gasteiger partial charge in [-0.25, -0.2) is 9.59 Å². The van der Waals surface area contributed by atoms with Crippen molar-refractivity contribution < 1.29 is 23.8 Å². The van der Waals surface area contributed by atoms with Gasteiger partial charge in [0.05, 0.1) is 5.56 Å². The Hall–Kier alpha value is -3.20. The zero-order chi connectivity index (χ0) is 23.5. The third-order valence-electron chi connectivity index (χ3n) is 4.47. The van der Waals surface area contributed by atoms with E-state index in [-0.39, 0.29) is 17.3 Å². The van der Waals surface area contributed by atoms with Gasteiger partial charge >= 0.3 is 12.1 Å². The van der Waals surface area contributed by atoms with Gasteiger partial charge in [0, 0.05) is 16.5 Å². The second-order valence-electron chi connectivity index (χ2n) is 8.57. The summed E-state index contributed by atoms with van der Waals surface area (Å²) in [6, 6.07) is 14.2. The van der Waals surface area contributed by atoms with Crippen LogP contribution in [0.25, 0.3) is 11.5 Å². The molecule has 1 aromatic heterocycles. The van der Waals surface area contributed by atoms with Crippen molar-refractivity contribution in [2.75, 3.05) is 0 Å². The molecule has 0 spiro atoms. The number of aromatic carboxylic acids is 1. The van der Waals surface area contributed by atoms with Gasteiger partial charge in [0.2, 0.25) is 11.8 Å². The van der Waals surface area contributed by atoms with Crippen molar-refractivity contribution in [3.8, 4) is 11.5 Å². The van der Waals surface area contributed by atoms with Gasteiger partial charge in [0.15, 0.2) is 0 Å². The Balaban J connectivity index is 1.98. The largest absolute Gasteiger partial charge is 0.478 e. The number of hydrogen-bond donors (Lipinski definition) is 2. The Morgan fingerprint density at radius 2 is 1.78 bits per heavy atom. The SMILES string of the molecule is CC(C)(C)OC(=O)N[C@@](C)(Cc1ccccc1)c1nnc(-c2cc(Br)cc(C(=O)O)c2)o1. The maximum Gasteiger partial charge on any atom is 0.408 e. The average Bonchev–Trinajstić information content (AvgIpc) is 3.17. The van der Waals surface area contributed by atoms with Crippen LogP contribution in [-0.4, -0.2) is 33.0 Å². The lowest BCUT2D eigenvalue weighted by atomic mass is 9.92. The Morgan fingerprint density at radius 1 is 1.09 bits per heavy atom. The molecule has 1 atom stereocenters. The molecule has 168 valence electrons. The molecule has 0 aliphatic carbocycles. The van der Waals surface area contributed by atoms with E-state index < -0.39 is 23.2 Å². The molecule has 0 fully saturated rings. The number of carbonyl (C=O) groups excluding carboxylic acids is 1. The summed E-state index contributed by atoms with van der Waals surface area (Å²) in [7, 11) is 0. The van der Waals surface area contributed by atoms with E-state index in [0.29, 0.717) is 16.5 Å². The fourth-order valence-electron chi connectivity index (χ4n) is 3.11. The van der Waals surface area contributed by atoms with E-state index in [2.05, 4.69) is 31.4 Å². The van der Waals surface area contributed by atoms with Gasteiger partial charge in [0.25, 0.3) is 0 Å². The normalized spacial score (nSPS) is 13.3. The van der Waals surface area contributed by atoms with Crippen molar-refractivity contribution in [3.05, 3.63) is 70.0 Å². The summed E-state index contributed by atoms with van der Waals surface area (Å²) in [5.74, 6) is -0.777. The van der Waals surface area contributed by atoms with Crippen molar-refractivity contribution in [2.45, 2.75) is 45.3 Å². The van der Waals surface area contributed by atoms with Gasteiger partial charge in [-0.2, -0.15) is 0 Å². The minimum absolute atomic E-state index is 0.0769. The molecule has 0 aliphatic rings. The number of benzene rings is 2. The van der Waals surface area contributed by atoms with E-state index in [4.69, 9.17) is 9.15 Å². The molecule has 0 saturated carbocycles. The van der Waals surface area contributed by atoms with Gasteiger partial charge < -0.3 is 19.6 Å². The van der Waals surface area contributed by atoms with Crippen molar-refractivity contribution in [1.82, 2.24) is 15.5 Å². The summed E-state index contributed by atoms with van der Waals surface area (Å²) in [6.45, 7) is 7.10. The predicted octanol–water partition coefficient (Wildman–Crippen LogP) is 5.18. The standard InChI is InChI=1S/C23H24BrN3O5/c1-22(2,3)32-21(30)25-23(4,13-14-8-6-5-7-9-14)20-27-26-18(31-20)15-10-16(19(28)29)12-17(24)11-15/h5-12H,13H2,1-4H3,(H,25,30)(H,28,29)/t23-/m0/s1. The Labute approximate surface area is 194 Å². The molecule has 2 aromatic carbocycles. The van der Waals surface area contributed by atoms with Crippen LogP contribution in [0, 0.1) is 0 Å². The second-order valence-corrected chi connectivity index (χ2v) is 9.48. The topological polar surface area (TPSA) is 115 Å². The zero-order valence-corrected chi connectivity index (χ0v) is 19.8. The first-order chi connectivity index (χ1) is 14.9. The fraction of sp³-hybridized carbons (Fsp3) is 0.304. The number of halogens is 1. The summed E-state index contributed by atoms with van der Waals surface area (Å²) in [6.07, 6.45) is -0.251. The fourth-order valence-corrected chi connectivity index (χ4v) is 3.60. The van der Waals surface area contributed by atoms with E-state index in [9.17, 15) is 14.7 Å². The number of amides is 1. The molecule has 1 amide bonds. The zero-order valence-electron chi connectivity index (χ0n) is 18.2. The highest BCUT2D eigenvalue weighted by atomic mass is 79.9. The highest BCUT2D eigenvalue weighted by Gasteiger charge is 2.36. The molecule has 8 nitrogen and oxygen atoms in total. The lowest BCUT2D eigenvalue weighted by Gasteiger charge is -2.29. The lowest BCUT2D eigenvalue weighted by Crippen LogP contribution is -2.47. The average molecular weight is 502 g/mol. The maximum atomic E-state index is 12.6. The molecule has 0 aliphatic heterocycles. The third kappa shape index (κ3) is 5.94. The first-order valence-electron chi connectivity index (χ1n) is 9.88. The number of carbonyl (C=O) groups is 2. The molecule has 0 saturated heterocycles. The van der Waals surface area contributed by atoms with Crippen LogP contribution >= 0.6 is 15.9 Å². The predicted molar refractivity (Wildman–Crippen MR) is 121 cm³/mol. The number of nitrogens with zero attached hydrogens (tertiary/aromatic N) is 2. The minimum Gasteiger partial charge on any atom is -0.478 e. The van der Waals surface area contributed by atoms with Crippen LogP contribution in [0.15, 0.2) is 57.4 Å². The van der Waals surface area contributed by atoms with Crippen LogP contribution in [0.3, 0.4) is 0 Å². The number of ether oxygens (including phenoxy) is 1. The van der Waals surface area contributed by atoms with Gasteiger partial charge in [-0.1, -0.05) is 46.3 Å². The minimum atomic E-state index is -1.08. The van der Waals surface area contributed by atoms with Gasteiger partial charge in [-0.3, -0.25) is 0 Å². The number of hydrogen-bond acceptors (Lipinski definition) is 6.